The summed E-state index contributed by atoms with van der Waals surface area (Å²) in [6, 6.07) is 14.3. The molecule has 3 rings (SSSR count). The Morgan fingerprint density at radius 3 is 2.61 bits per heavy atom. The molecule has 0 saturated carbocycles. The maximum Gasteiger partial charge on any atom is 0.288 e. The van der Waals surface area contributed by atoms with Crippen LogP contribution in [0.2, 0.25) is 0 Å². The number of benzene rings is 2. The number of para-hydroxylation sites is 2. The molecular weight excluding hydrogens is 338 g/mol. The van der Waals surface area contributed by atoms with Crippen molar-refractivity contribution in [1.29, 1.82) is 0 Å². The summed E-state index contributed by atoms with van der Waals surface area (Å²) in [5.74, 6) is -2.42. The molecule has 0 aliphatic heterocycles. The molecule has 0 spiro atoms. The zero-order valence-electron chi connectivity index (χ0n) is 11.7. The maximum atomic E-state index is 12.3. The number of thiocarbonyl (C=S) groups is 1. The van der Waals surface area contributed by atoms with Gasteiger partial charge in [0, 0.05) is 10.6 Å². The molecular formula is C15H12F2N4S2. The molecule has 4 nitrogen and oxygen atoms in total. The molecule has 8 heteroatoms. The molecule has 1 heterocycles. The molecule has 0 unspecified atom stereocenters. The third-order valence-corrected chi connectivity index (χ3v) is 3.93. The number of anilines is 1. The number of hydrogen-bond acceptors (Lipinski definition) is 3. The molecule has 0 aliphatic rings. The minimum atomic E-state index is -2.42. The Bertz CT molecular complexity index is 818. The molecule has 118 valence electrons. The second-order valence-corrected chi connectivity index (χ2v) is 6.04. The number of imidazole rings is 1. The average Bonchev–Trinajstić information content (AvgIpc) is 2.92. The lowest BCUT2D eigenvalue weighted by molar-refractivity contribution is 0.252. The van der Waals surface area contributed by atoms with Crippen LogP contribution in [-0.2, 0) is 0 Å². The van der Waals surface area contributed by atoms with Crippen LogP contribution >= 0.6 is 24.0 Å². The van der Waals surface area contributed by atoms with Gasteiger partial charge in [-0.25, -0.2) is 9.66 Å². The molecule has 1 aromatic heterocycles. The van der Waals surface area contributed by atoms with Crippen LogP contribution in [0.4, 0.5) is 14.5 Å². The topological polar surface area (TPSA) is 41.9 Å². The van der Waals surface area contributed by atoms with Crippen LogP contribution in [-0.4, -0.2) is 20.5 Å². The van der Waals surface area contributed by atoms with Crippen LogP contribution in [0.25, 0.3) is 11.0 Å². The van der Waals surface area contributed by atoms with Crippen LogP contribution in [0.15, 0.2) is 59.8 Å². The van der Waals surface area contributed by atoms with Gasteiger partial charge in [0.15, 0.2) is 5.11 Å². The summed E-state index contributed by atoms with van der Waals surface area (Å²) in [7, 11) is 0. The van der Waals surface area contributed by atoms with Gasteiger partial charge in [-0.15, -0.1) is 0 Å². The lowest BCUT2D eigenvalue weighted by atomic mass is 10.3. The number of halogens is 2. The Labute approximate surface area is 140 Å². The fourth-order valence-corrected chi connectivity index (χ4v) is 2.75. The zero-order chi connectivity index (χ0) is 16.2. The highest BCUT2D eigenvalue weighted by molar-refractivity contribution is 7.99. The van der Waals surface area contributed by atoms with Crippen molar-refractivity contribution in [3.05, 3.63) is 54.9 Å². The van der Waals surface area contributed by atoms with Crippen molar-refractivity contribution in [1.82, 2.24) is 9.66 Å². The molecule has 0 fully saturated rings. The summed E-state index contributed by atoms with van der Waals surface area (Å²) in [6.45, 7) is 0. The van der Waals surface area contributed by atoms with Gasteiger partial charge in [-0.2, -0.15) is 8.78 Å². The smallest absolute Gasteiger partial charge is 0.288 e. The highest BCUT2D eigenvalue weighted by atomic mass is 32.2. The van der Waals surface area contributed by atoms with Gasteiger partial charge in [-0.1, -0.05) is 23.9 Å². The van der Waals surface area contributed by atoms with Gasteiger partial charge in [0.1, 0.15) is 6.33 Å². The number of fused-ring (bicyclic) bond motifs is 1. The molecule has 0 bridgehead atoms. The third kappa shape index (κ3) is 3.96. The minimum Gasteiger partial charge on any atom is -0.331 e. The highest BCUT2D eigenvalue weighted by Gasteiger charge is 2.06. The van der Waals surface area contributed by atoms with Crippen LogP contribution in [0.1, 0.15) is 0 Å². The number of hydrogen-bond donors (Lipinski definition) is 2. The first kappa shape index (κ1) is 15.7. The molecule has 0 aliphatic carbocycles. The SMILES string of the molecule is FC(F)Sc1ccc(NC(=S)Nn2cnc3ccccc32)cc1. The van der Waals surface area contributed by atoms with Crippen LogP contribution < -0.4 is 10.7 Å². The van der Waals surface area contributed by atoms with Crippen molar-refractivity contribution >= 4 is 45.8 Å². The van der Waals surface area contributed by atoms with E-state index in [1.54, 1.807) is 35.3 Å². The monoisotopic (exact) mass is 350 g/mol. The number of thioether (sulfide) groups is 1. The van der Waals surface area contributed by atoms with E-state index in [4.69, 9.17) is 12.2 Å². The van der Waals surface area contributed by atoms with E-state index in [0.29, 0.717) is 27.5 Å². The predicted octanol–water partition coefficient (Wildman–Crippen LogP) is 4.29. The quantitative estimate of drug-likeness (QED) is 0.543. The largest absolute Gasteiger partial charge is 0.331 e. The van der Waals surface area contributed by atoms with Crippen molar-refractivity contribution in [3.63, 3.8) is 0 Å². The molecule has 2 N–H and O–H groups in total. The Morgan fingerprint density at radius 1 is 1.13 bits per heavy atom. The van der Waals surface area contributed by atoms with Crippen LogP contribution in [0.5, 0.6) is 0 Å². The van der Waals surface area contributed by atoms with Gasteiger partial charge in [0.2, 0.25) is 0 Å². The van der Waals surface area contributed by atoms with E-state index in [2.05, 4.69) is 15.7 Å². The van der Waals surface area contributed by atoms with E-state index < -0.39 is 5.76 Å². The lowest BCUT2D eigenvalue weighted by Crippen LogP contribution is -2.26. The van der Waals surface area contributed by atoms with Crippen molar-refractivity contribution in [3.8, 4) is 0 Å². The van der Waals surface area contributed by atoms with Gasteiger partial charge in [0.05, 0.1) is 11.0 Å². The molecule has 0 amide bonds. The molecule has 2 aromatic carbocycles. The van der Waals surface area contributed by atoms with E-state index in [-0.39, 0.29) is 0 Å². The van der Waals surface area contributed by atoms with Crippen LogP contribution in [0.3, 0.4) is 0 Å². The van der Waals surface area contributed by atoms with Crippen molar-refractivity contribution in [2.24, 2.45) is 0 Å². The Kier molecular flexibility index (Phi) is 4.73. The van der Waals surface area contributed by atoms with Crippen molar-refractivity contribution in [2.75, 3.05) is 10.7 Å². The van der Waals surface area contributed by atoms with Gasteiger partial charge < -0.3 is 5.32 Å². The Hall–Kier alpha value is -2.19. The summed E-state index contributed by atoms with van der Waals surface area (Å²) in [6.07, 6.45) is 1.64. The normalized spacial score (nSPS) is 10.9. The van der Waals surface area contributed by atoms with Crippen molar-refractivity contribution < 1.29 is 8.78 Å². The molecule has 0 atom stereocenters. The first-order valence-electron chi connectivity index (χ1n) is 6.67. The Balaban J connectivity index is 1.65. The third-order valence-electron chi connectivity index (χ3n) is 3.01. The van der Waals surface area contributed by atoms with Gasteiger partial charge in [-0.05, 0) is 48.6 Å². The van der Waals surface area contributed by atoms with Gasteiger partial charge in [0.25, 0.3) is 5.76 Å². The van der Waals surface area contributed by atoms with Crippen molar-refractivity contribution in [2.45, 2.75) is 10.7 Å². The van der Waals surface area contributed by atoms with Gasteiger partial charge >= 0.3 is 0 Å². The standard InChI is InChI=1S/C15H12F2N4S2/c16-14(17)23-11-7-5-10(6-8-11)19-15(22)20-21-9-18-12-3-1-2-4-13(12)21/h1-9,14H,(H2,19,20,22). The molecule has 3 aromatic rings. The summed E-state index contributed by atoms with van der Waals surface area (Å²) in [5.41, 5.74) is 5.48. The maximum absolute atomic E-state index is 12.3. The lowest BCUT2D eigenvalue weighted by Gasteiger charge is -2.12. The number of aromatic nitrogens is 2. The molecule has 0 radical (unpaired) electrons. The number of nitrogens with one attached hydrogen (secondary N) is 2. The predicted molar refractivity (Wildman–Crippen MR) is 93.6 cm³/mol. The summed E-state index contributed by atoms with van der Waals surface area (Å²) in [4.78, 5) is 4.76. The number of alkyl halides is 2. The molecule has 23 heavy (non-hydrogen) atoms. The van der Waals surface area contributed by atoms with E-state index in [1.807, 2.05) is 24.3 Å². The summed E-state index contributed by atoms with van der Waals surface area (Å²) in [5, 5.41) is 3.38. The van der Waals surface area contributed by atoms with E-state index in [1.165, 1.54) is 0 Å². The summed E-state index contributed by atoms with van der Waals surface area (Å²) >= 11 is 5.76. The average molecular weight is 350 g/mol. The number of rotatable bonds is 4. The van der Waals surface area contributed by atoms with E-state index in [0.717, 1.165) is 11.0 Å². The van der Waals surface area contributed by atoms with Crippen LogP contribution in [0, 0.1) is 0 Å². The Morgan fingerprint density at radius 2 is 1.87 bits per heavy atom. The zero-order valence-corrected chi connectivity index (χ0v) is 13.4. The van der Waals surface area contributed by atoms with E-state index >= 15 is 0 Å². The minimum absolute atomic E-state index is 0.377. The fourth-order valence-electron chi connectivity index (χ4n) is 2.04. The number of nitrogens with zero attached hydrogens (tertiary/aromatic N) is 2. The first-order valence-corrected chi connectivity index (χ1v) is 7.95. The summed E-state index contributed by atoms with van der Waals surface area (Å²) < 4.78 is 26.3. The highest BCUT2D eigenvalue weighted by Crippen LogP contribution is 2.26. The first-order chi connectivity index (χ1) is 11.1. The second-order valence-electron chi connectivity index (χ2n) is 4.57. The van der Waals surface area contributed by atoms with Gasteiger partial charge in [-0.3, -0.25) is 5.43 Å². The van der Waals surface area contributed by atoms with E-state index in [9.17, 15) is 8.78 Å². The fraction of sp³-hybridized carbons (Fsp3) is 0.0667. The molecule has 0 saturated heterocycles. The second kappa shape index (κ2) is 6.93.